The molecule has 0 spiro atoms. The number of piperidine rings is 2. The van der Waals surface area contributed by atoms with Gasteiger partial charge in [-0.25, -0.2) is 22.7 Å². The Morgan fingerprint density at radius 2 is 1.90 bits per heavy atom. The van der Waals surface area contributed by atoms with Crippen molar-refractivity contribution in [2.75, 3.05) is 37.3 Å². The fourth-order valence-electron chi connectivity index (χ4n) is 3.21. The van der Waals surface area contributed by atoms with E-state index in [0.29, 0.717) is 45.0 Å². The van der Waals surface area contributed by atoms with Crippen LogP contribution in [0.25, 0.3) is 0 Å². The molecule has 116 valence electrons. The highest BCUT2D eigenvalue weighted by molar-refractivity contribution is 7.88. The Morgan fingerprint density at radius 1 is 1.24 bits per heavy atom. The third kappa shape index (κ3) is 2.88. The number of fused-ring (bicyclic) bond motifs is 1. The minimum atomic E-state index is -3.21. The molecule has 0 unspecified atom stereocenters. The lowest BCUT2D eigenvalue weighted by Crippen LogP contribution is -2.60. The largest absolute Gasteiger partial charge is 0.389 e. The summed E-state index contributed by atoms with van der Waals surface area (Å²) >= 11 is 0. The number of nitrogens with zero attached hydrogens (tertiary/aromatic N) is 4. The zero-order chi connectivity index (χ0) is 15.1. The van der Waals surface area contributed by atoms with Crippen LogP contribution in [0.5, 0.6) is 0 Å². The predicted molar refractivity (Wildman–Crippen MR) is 78.3 cm³/mol. The second-order valence-corrected chi connectivity index (χ2v) is 7.90. The molecular weight excluding hydrogens is 292 g/mol. The Balaban J connectivity index is 1.78. The molecule has 2 aliphatic heterocycles. The molecule has 2 saturated heterocycles. The van der Waals surface area contributed by atoms with E-state index in [1.807, 2.05) is 4.90 Å². The second-order valence-electron chi connectivity index (χ2n) is 5.92. The van der Waals surface area contributed by atoms with Crippen molar-refractivity contribution in [2.45, 2.75) is 18.4 Å². The Labute approximate surface area is 124 Å². The average Bonchev–Trinajstić information content (AvgIpc) is 2.46. The molecule has 1 aromatic heterocycles. The smallest absolute Gasteiger partial charge is 0.225 e. The van der Waals surface area contributed by atoms with E-state index in [1.165, 1.54) is 10.6 Å². The first-order valence-electron chi connectivity index (χ1n) is 7.08. The highest BCUT2D eigenvalue weighted by atomic mass is 32.2. The molecule has 0 bridgehead atoms. The maximum atomic E-state index is 11.7. The molecule has 1 aromatic rings. The van der Waals surface area contributed by atoms with Crippen LogP contribution in [0, 0.1) is 5.92 Å². The molecule has 2 fully saturated rings. The van der Waals surface area contributed by atoms with Gasteiger partial charge in [-0.3, -0.25) is 0 Å². The summed E-state index contributed by atoms with van der Waals surface area (Å²) in [5.74, 6) is 0.523. The summed E-state index contributed by atoms with van der Waals surface area (Å²) in [6.45, 7) is 2.02. The first-order chi connectivity index (χ1) is 9.88. The Kier molecular flexibility index (Phi) is 3.62. The first-order valence-corrected chi connectivity index (χ1v) is 8.93. The molecule has 0 aliphatic carbocycles. The fourth-order valence-corrected chi connectivity index (χ4v) is 4.08. The highest BCUT2D eigenvalue weighted by Crippen LogP contribution is 2.36. The SMILES string of the molecule is CS(=O)(=O)N1CC[C@@]2(O)CCN(c3ncccn3)C[C@H]2C1. The van der Waals surface area contributed by atoms with E-state index in [0.717, 1.165) is 0 Å². The molecule has 0 amide bonds. The molecule has 21 heavy (non-hydrogen) atoms. The monoisotopic (exact) mass is 312 g/mol. The van der Waals surface area contributed by atoms with Gasteiger partial charge in [-0.2, -0.15) is 0 Å². The lowest BCUT2D eigenvalue weighted by molar-refractivity contribution is -0.0689. The van der Waals surface area contributed by atoms with Gasteiger partial charge >= 0.3 is 0 Å². The summed E-state index contributed by atoms with van der Waals surface area (Å²) in [4.78, 5) is 10.5. The van der Waals surface area contributed by atoms with Crippen LogP contribution in [0.1, 0.15) is 12.8 Å². The van der Waals surface area contributed by atoms with Gasteiger partial charge < -0.3 is 10.0 Å². The van der Waals surface area contributed by atoms with Crippen molar-refractivity contribution in [3.63, 3.8) is 0 Å². The Bertz CT molecular complexity index is 609. The van der Waals surface area contributed by atoms with E-state index < -0.39 is 15.6 Å². The molecule has 8 heteroatoms. The quantitative estimate of drug-likeness (QED) is 0.807. The molecule has 3 heterocycles. The van der Waals surface area contributed by atoms with Crippen LogP contribution < -0.4 is 4.90 Å². The van der Waals surface area contributed by atoms with Gasteiger partial charge in [-0.15, -0.1) is 0 Å². The highest BCUT2D eigenvalue weighted by Gasteiger charge is 2.46. The van der Waals surface area contributed by atoms with Crippen molar-refractivity contribution in [3.05, 3.63) is 18.5 Å². The maximum Gasteiger partial charge on any atom is 0.225 e. The zero-order valence-corrected chi connectivity index (χ0v) is 12.8. The molecule has 0 aromatic carbocycles. The van der Waals surface area contributed by atoms with Crippen LogP contribution in [-0.2, 0) is 10.0 Å². The number of hydrogen-bond donors (Lipinski definition) is 1. The van der Waals surface area contributed by atoms with E-state index in [1.54, 1.807) is 18.5 Å². The van der Waals surface area contributed by atoms with Gasteiger partial charge in [0.05, 0.1) is 11.9 Å². The van der Waals surface area contributed by atoms with Crippen LogP contribution in [-0.4, -0.2) is 65.8 Å². The van der Waals surface area contributed by atoms with Crippen molar-refractivity contribution in [1.82, 2.24) is 14.3 Å². The van der Waals surface area contributed by atoms with Gasteiger partial charge in [0.2, 0.25) is 16.0 Å². The molecule has 7 nitrogen and oxygen atoms in total. The maximum absolute atomic E-state index is 11.7. The standard InChI is InChI=1S/C13H20N4O3S/c1-21(19,20)17-8-4-13(18)3-7-16(9-11(13)10-17)12-14-5-2-6-15-12/h2,5-6,11,18H,3-4,7-10H2,1H3/t11-,13-/m0/s1. The van der Waals surface area contributed by atoms with Gasteiger partial charge in [-0.05, 0) is 18.9 Å². The number of sulfonamides is 1. The molecule has 2 aliphatic rings. The van der Waals surface area contributed by atoms with Gasteiger partial charge in [0.25, 0.3) is 0 Å². The van der Waals surface area contributed by atoms with E-state index in [2.05, 4.69) is 9.97 Å². The number of aliphatic hydroxyl groups is 1. The topological polar surface area (TPSA) is 86.6 Å². The number of aromatic nitrogens is 2. The third-order valence-corrected chi connectivity index (χ3v) is 5.81. The second kappa shape index (κ2) is 5.19. The Morgan fingerprint density at radius 3 is 2.57 bits per heavy atom. The van der Waals surface area contributed by atoms with Crippen LogP contribution in [0.2, 0.25) is 0 Å². The van der Waals surface area contributed by atoms with Gasteiger partial charge in [-0.1, -0.05) is 0 Å². The molecule has 1 N–H and O–H groups in total. The predicted octanol–water partition coefficient (Wildman–Crippen LogP) is -0.301. The normalized spacial score (nSPS) is 31.0. The van der Waals surface area contributed by atoms with Crippen molar-refractivity contribution < 1.29 is 13.5 Å². The van der Waals surface area contributed by atoms with Crippen molar-refractivity contribution in [2.24, 2.45) is 5.92 Å². The van der Waals surface area contributed by atoms with Crippen LogP contribution in [0.4, 0.5) is 5.95 Å². The summed E-state index contributed by atoms with van der Waals surface area (Å²) in [5.41, 5.74) is -0.771. The van der Waals surface area contributed by atoms with Gasteiger partial charge in [0, 0.05) is 44.5 Å². The van der Waals surface area contributed by atoms with E-state index in [4.69, 9.17) is 0 Å². The third-order valence-electron chi connectivity index (χ3n) is 4.54. The van der Waals surface area contributed by atoms with Crippen molar-refractivity contribution in [3.8, 4) is 0 Å². The number of rotatable bonds is 2. The number of hydrogen-bond acceptors (Lipinski definition) is 6. The van der Waals surface area contributed by atoms with Gasteiger partial charge in [0.1, 0.15) is 0 Å². The van der Waals surface area contributed by atoms with Crippen LogP contribution in [0.3, 0.4) is 0 Å². The summed E-state index contributed by atoms with van der Waals surface area (Å²) < 4.78 is 24.9. The molecule has 2 atom stereocenters. The molecular formula is C13H20N4O3S. The van der Waals surface area contributed by atoms with E-state index in [-0.39, 0.29) is 5.92 Å². The van der Waals surface area contributed by atoms with Crippen molar-refractivity contribution >= 4 is 16.0 Å². The summed E-state index contributed by atoms with van der Waals surface area (Å²) in [6.07, 6.45) is 5.71. The average molecular weight is 312 g/mol. The lowest BCUT2D eigenvalue weighted by Gasteiger charge is -2.49. The fraction of sp³-hybridized carbons (Fsp3) is 0.692. The molecule has 0 saturated carbocycles. The summed E-state index contributed by atoms with van der Waals surface area (Å²) in [5, 5.41) is 10.8. The summed E-state index contributed by atoms with van der Waals surface area (Å²) in [6, 6.07) is 1.76. The van der Waals surface area contributed by atoms with E-state index >= 15 is 0 Å². The van der Waals surface area contributed by atoms with Crippen LogP contribution in [0.15, 0.2) is 18.5 Å². The van der Waals surface area contributed by atoms with E-state index in [9.17, 15) is 13.5 Å². The van der Waals surface area contributed by atoms with Crippen LogP contribution >= 0.6 is 0 Å². The minimum absolute atomic E-state index is 0.112. The number of anilines is 1. The lowest BCUT2D eigenvalue weighted by atomic mass is 9.76. The molecule has 0 radical (unpaired) electrons. The Hall–Kier alpha value is -1.25. The summed E-state index contributed by atoms with van der Waals surface area (Å²) in [7, 11) is -3.21. The first kappa shape index (κ1) is 14.7. The van der Waals surface area contributed by atoms with Gasteiger partial charge in [0.15, 0.2) is 0 Å². The van der Waals surface area contributed by atoms with Crippen molar-refractivity contribution in [1.29, 1.82) is 0 Å². The minimum Gasteiger partial charge on any atom is -0.389 e. The molecule has 3 rings (SSSR count). The zero-order valence-electron chi connectivity index (χ0n) is 12.0.